The number of hydrogen-bond donors (Lipinski definition) is 3. The molecule has 1 atom stereocenters. The molecule has 0 aliphatic rings. The number of carbonyl (C=O) groups is 1. The predicted molar refractivity (Wildman–Crippen MR) is 57.2 cm³/mol. The van der Waals surface area contributed by atoms with Crippen LogP contribution in [-0.4, -0.2) is 30.2 Å². The van der Waals surface area contributed by atoms with Crippen LogP contribution >= 0.6 is 0 Å². The van der Waals surface area contributed by atoms with Gasteiger partial charge in [-0.05, 0) is 32.4 Å². The molecule has 0 amide bonds. The average molecular weight is 202 g/mol. The van der Waals surface area contributed by atoms with Crippen LogP contribution in [0, 0.1) is 0 Å². The Kier molecular flexibility index (Phi) is 8.57. The van der Waals surface area contributed by atoms with E-state index in [1.807, 2.05) is 0 Å². The van der Waals surface area contributed by atoms with Crippen LogP contribution in [0.3, 0.4) is 0 Å². The third-order valence-electron chi connectivity index (χ3n) is 2.14. The standard InChI is InChI=1S/C10H22N2O2/c1-2-3-7-12-8-5-4-6-9(11)10(13)14/h9,12H,2-8,11H2,1H3,(H,13,14)/t9-/m0/s1. The Hall–Kier alpha value is -0.610. The summed E-state index contributed by atoms with van der Waals surface area (Å²) in [4.78, 5) is 10.4. The van der Waals surface area contributed by atoms with Crippen LogP contribution in [0.1, 0.15) is 39.0 Å². The van der Waals surface area contributed by atoms with E-state index in [0.29, 0.717) is 6.42 Å². The van der Waals surface area contributed by atoms with Crippen LogP contribution in [0.4, 0.5) is 0 Å². The van der Waals surface area contributed by atoms with E-state index in [9.17, 15) is 4.79 Å². The number of hydrogen-bond acceptors (Lipinski definition) is 3. The second-order valence-corrected chi connectivity index (χ2v) is 3.54. The lowest BCUT2D eigenvalue weighted by Gasteiger charge is -2.06. The number of rotatable bonds is 9. The van der Waals surface area contributed by atoms with Crippen LogP contribution in [0.15, 0.2) is 0 Å². The Morgan fingerprint density at radius 1 is 1.36 bits per heavy atom. The average Bonchev–Trinajstić information content (AvgIpc) is 2.16. The van der Waals surface area contributed by atoms with E-state index in [2.05, 4.69) is 12.2 Å². The maximum atomic E-state index is 10.4. The minimum Gasteiger partial charge on any atom is -0.480 e. The summed E-state index contributed by atoms with van der Waals surface area (Å²) >= 11 is 0. The van der Waals surface area contributed by atoms with Gasteiger partial charge in [-0.3, -0.25) is 4.79 Å². The van der Waals surface area contributed by atoms with Gasteiger partial charge < -0.3 is 16.2 Å². The molecule has 4 N–H and O–H groups in total. The van der Waals surface area contributed by atoms with Gasteiger partial charge in [0.2, 0.25) is 0 Å². The van der Waals surface area contributed by atoms with Gasteiger partial charge in [-0.1, -0.05) is 19.8 Å². The summed E-state index contributed by atoms with van der Waals surface area (Å²) in [7, 11) is 0. The molecule has 14 heavy (non-hydrogen) atoms. The van der Waals surface area contributed by atoms with E-state index in [4.69, 9.17) is 10.8 Å². The monoisotopic (exact) mass is 202 g/mol. The van der Waals surface area contributed by atoms with Crippen molar-refractivity contribution >= 4 is 5.97 Å². The number of nitrogens with one attached hydrogen (secondary N) is 1. The summed E-state index contributed by atoms with van der Waals surface area (Å²) in [5.41, 5.74) is 5.36. The SMILES string of the molecule is CCCCNCCCC[C@H](N)C(=O)O. The summed E-state index contributed by atoms with van der Waals surface area (Å²) in [6.45, 7) is 4.18. The fraction of sp³-hybridized carbons (Fsp3) is 0.900. The molecule has 0 aliphatic carbocycles. The third-order valence-corrected chi connectivity index (χ3v) is 2.14. The molecule has 0 saturated heterocycles. The lowest BCUT2D eigenvalue weighted by atomic mass is 10.1. The van der Waals surface area contributed by atoms with Gasteiger partial charge in [0, 0.05) is 0 Å². The molecule has 4 heteroatoms. The number of nitrogens with two attached hydrogens (primary N) is 1. The Bertz CT molecular complexity index is 151. The van der Waals surface area contributed by atoms with Crippen molar-refractivity contribution < 1.29 is 9.90 Å². The van der Waals surface area contributed by atoms with E-state index in [1.165, 1.54) is 12.8 Å². The molecular formula is C10H22N2O2. The zero-order chi connectivity index (χ0) is 10.8. The highest BCUT2D eigenvalue weighted by Gasteiger charge is 2.09. The molecular weight excluding hydrogens is 180 g/mol. The van der Waals surface area contributed by atoms with E-state index >= 15 is 0 Å². The normalized spacial score (nSPS) is 12.7. The summed E-state index contributed by atoms with van der Waals surface area (Å²) in [6, 6.07) is -0.689. The predicted octanol–water partition coefficient (Wildman–Crippen LogP) is 0.958. The number of aliphatic carboxylic acids is 1. The molecule has 0 aromatic rings. The second kappa shape index (κ2) is 8.97. The lowest BCUT2D eigenvalue weighted by molar-refractivity contribution is -0.138. The van der Waals surface area contributed by atoms with Crippen molar-refractivity contribution in [2.24, 2.45) is 5.73 Å². The molecule has 0 bridgehead atoms. The molecule has 0 spiro atoms. The first-order valence-corrected chi connectivity index (χ1v) is 5.37. The van der Waals surface area contributed by atoms with Crippen LogP contribution in [0.2, 0.25) is 0 Å². The Balaban J connectivity index is 3.09. The van der Waals surface area contributed by atoms with E-state index < -0.39 is 12.0 Å². The quantitative estimate of drug-likeness (QED) is 0.487. The fourth-order valence-corrected chi connectivity index (χ4v) is 1.16. The van der Waals surface area contributed by atoms with Crippen molar-refractivity contribution in [1.82, 2.24) is 5.32 Å². The minimum absolute atomic E-state index is 0.574. The van der Waals surface area contributed by atoms with Crippen molar-refractivity contribution in [2.75, 3.05) is 13.1 Å². The Labute approximate surface area is 85.9 Å². The van der Waals surface area contributed by atoms with Crippen LogP contribution in [0.5, 0.6) is 0 Å². The minimum atomic E-state index is -0.899. The maximum Gasteiger partial charge on any atom is 0.320 e. The largest absolute Gasteiger partial charge is 0.480 e. The fourth-order valence-electron chi connectivity index (χ4n) is 1.16. The summed E-state index contributed by atoms with van der Waals surface area (Å²) < 4.78 is 0. The molecule has 0 heterocycles. The zero-order valence-corrected chi connectivity index (χ0v) is 8.96. The molecule has 0 fully saturated rings. The first-order chi connectivity index (χ1) is 6.68. The number of unbranched alkanes of at least 4 members (excludes halogenated alkanes) is 2. The third kappa shape index (κ3) is 8.01. The molecule has 0 rings (SSSR count). The Morgan fingerprint density at radius 3 is 2.57 bits per heavy atom. The molecule has 0 unspecified atom stereocenters. The van der Waals surface area contributed by atoms with Gasteiger partial charge in [-0.2, -0.15) is 0 Å². The van der Waals surface area contributed by atoms with Gasteiger partial charge in [-0.25, -0.2) is 0 Å². The van der Waals surface area contributed by atoms with Crippen molar-refractivity contribution in [3.63, 3.8) is 0 Å². The van der Waals surface area contributed by atoms with Crippen molar-refractivity contribution in [3.8, 4) is 0 Å². The lowest BCUT2D eigenvalue weighted by Crippen LogP contribution is -2.30. The van der Waals surface area contributed by atoms with Crippen molar-refractivity contribution in [2.45, 2.75) is 45.1 Å². The van der Waals surface area contributed by atoms with Crippen molar-refractivity contribution in [1.29, 1.82) is 0 Å². The van der Waals surface area contributed by atoms with Gasteiger partial charge >= 0.3 is 5.97 Å². The van der Waals surface area contributed by atoms with E-state index in [0.717, 1.165) is 25.9 Å². The second-order valence-electron chi connectivity index (χ2n) is 3.54. The van der Waals surface area contributed by atoms with Gasteiger partial charge in [0.15, 0.2) is 0 Å². The smallest absolute Gasteiger partial charge is 0.320 e. The van der Waals surface area contributed by atoms with Crippen LogP contribution in [-0.2, 0) is 4.79 Å². The summed E-state index contributed by atoms with van der Waals surface area (Å²) in [5, 5.41) is 11.8. The maximum absolute atomic E-state index is 10.4. The molecule has 0 aromatic carbocycles. The highest BCUT2D eigenvalue weighted by atomic mass is 16.4. The molecule has 0 aromatic heterocycles. The zero-order valence-electron chi connectivity index (χ0n) is 8.96. The summed E-state index contributed by atoms with van der Waals surface area (Å²) in [5.74, 6) is -0.899. The number of carboxylic acids is 1. The van der Waals surface area contributed by atoms with Crippen LogP contribution < -0.4 is 11.1 Å². The topological polar surface area (TPSA) is 75.3 Å². The highest BCUT2D eigenvalue weighted by Crippen LogP contribution is 1.98. The van der Waals surface area contributed by atoms with Gasteiger partial charge in [0.05, 0.1) is 0 Å². The van der Waals surface area contributed by atoms with Gasteiger partial charge in [0.1, 0.15) is 6.04 Å². The van der Waals surface area contributed by atoms with Gasteiger partial charge in [0.25, 0.3) is 0 Å². The van der Waals surface area contributed by atoms with Gasteiger partial charge in [-0.15, -0.1) is 0 Å². The molecule has 84 valence electrons. The Morgan fingerprint density at radius 2 is 2.00 bits per heavy atom. The van der Waals surface area contributed by atoms with Crippen LogP contribution in [0.25, 0.3) is 0 Å². The molecule has 0 saturated carbocycles. The molecule has 4 nitrogen and oxygen atoms in total. The van der Waals surface area contributed by atoms with Crippen molar-refractivity contribution in [3.05, 3.63) is 0 Å². The summed E-state index contributed by atoms with van der Waals surface area (Å²) in [6.07, 6.45) is 4.87. The highest BCUT2D eigenvalue weighted by molar-refractivity contribution is 5.72. The van der Waals surface area contributed by atoms with E-state index in [1.54, 1.807) is 0 Å². The first-order valence-electron chi connectivity index (χ1n) is 5.37. The van der Waals surface area contributed by atoms with E-state index in [-0.39, 0.29) is 0 Å². The molecule has 0 radical (unpaired) electrons. The number of carboxylic acid groups (broad SMARTS) is 1. The molecule has 0 aliphatic heterocycles. The first kappa shape index (κ1) is 13.4.